The molecule has 4 N–H and O–H groups in total. The van der Waals surface area contributed by atoms with Gasteiger partial charge in [-0.25, -0.2) is 4.79 Å². The number of carbonyl (C=O) groups is 1. The molecule has 5 heteroatoms. The molecule has 0 aliphatic carbocycles. The van der Waals surface area contributed by atoms with Crippen molar-refractivity contribution in [1.82, 2.24) is 0 Å². The fourth-order valence-electron chi connectivity index (χ4n) is 3.84. The number of hydrogen-bond donors (Lipinski definition) is 4. The van der Waals surface area contributed by atoms with Gasteiger partial charge >= 0.3 is 5.97 Å². The number of carboxylic acids is 1. The van der Waals surface area contributed by atoms with E-state index < -0.39 is 24.3 Å². The molecular weight excluding hydrogens is 380 g/mol. The molecule has 0 aromatic rings. The first-order chi connectivity index (χ1) is 14.0. The third-order valence-electron chi connectivity index (χ3n) is 6.07. The number of aliphatic hydroxyl groups excluding tert-OH is 3. The summed E-state index contributed by atoms with van der Waals surface area (Å²) in [6.07, 6.45) is 9.38. The van der Waals surface area contributed by atoms with Crippen LogP contribution in [-0.4, -0.2) is 44.7 Å². The fraction of sp³-hybridized carbons (Fsp3) is 0.880. The van der Waals surface area contributed by atoms with Crippen LogP contribution in [0.3, 0.4) is 0 Å². The largest absolute Gasteiger partial charge is 0.479 e. The van der Waals surface area contributed by atoms with Crippen LogP contribution in [0.5, 0.6) is 0 Å². The van der Waals surface area contributed by atoms with Gasteiger partial charge in [0.2, 0.25) is 0 Å². The molecule has 0 fully saturated rings. The molecular formula is C25H48O5. The Balaban J connectivity index is 3.88. The quantitative estimate of drug-likeness (QED) is 0.222. The smallest absolute Gasteiger partial charge is 0.335 e. The maximum Gasteiger partial charge on any atom is 0.335 e. The zero-order chi connectivity index (χ0) is 23.1. The van der Waals surface area contributed by atoms with Gasteiger partial charge in [-0.3, -0.25) is 0 Å². The molecule has 0 saturated carbocycles. The maximum absolute atomic E-state index is 10.6. The average Bonchev–Trinajstić information content (AvgIpc) is 2.66. The zero-order valence-corrected chi connectivity index (χ0v) is 20.0. The monoisotopic (exact) mass is 428 g/mol. The third kappa shape index (κ3) is 15.0. The van der Waals surface area contributed by atoms with Crippen molar-refractivity contribution in [3.63, 3.8) is 0 Å². The van der Waals surface area contributed by atoms with E-state index in [4.69, 9.17) is 5.11 Å². The summed E-state index contributed by atoms with van der Waals surface area (Å²) in [5.41, 5.74) is 1.25. The first-order valence-electron chi connectivity index (χ1n) is 12.0. The summed E-state index contributed by atoms with van der Waals surface area (Å²) in [5, 5.41) is 37.3. The summed E-state index contributed by atoms with van der Waals surface area (Å²) < 4.78 is 0. The van der Waals surface area contributed by atoms with Gasteiger partial charge in [-0.1, -0.05) is 84.3 Å². The summed E-state index contributed by atoms with van der Waals surface area (Å²) in [5.74, 6) is 0.876. The lowest BCUT2D eigenvalue weighted by molar-refractivity contribution is -0.158. The number of allylic oxidation sites excluding steroid dienone is 2. The first kappa shape index (κ1) is 29.1. The minimum atomic E-state index is -1.95. The molecule has 0 aromatic carbocycles. The van der Waals surface area contributed by atoms with Gasteiger partial charge in [0.05, 0.1) is 6.10 Å². The van der Waals surface area contributed by atoms with Crippen LogP contribution in [0.15, 0.2) is 11.6 Å². The Morgan fingerprint density at radius 2 is 1.30 bits per heavy atom. The van der Waals surface area contributed by atoms with Crippen LogP contribution in [0.2, 0.25) is 0 Å². The second-order valence-electron chi connectivity index (χ2n) is 9.83. The normalized spacial score (nSPS) is 17.6. The molecule has 5 atom stereocenters. The molecule has 5 nitrogen and oxygen atoms in total. The van der Waals surface area contributed by atoms with E-state index in [1.54, 1.807) is 0 Å². The lowest BCUT2D eigenvalue weighted by atomic mass is 9.91. The number of aliphatic carboxylic acids is 1. The number of aliphatic hydroxyl groups is 3. The number of hydrogen-bond acceptors (Lipinski definition) is 4. The molecule has 0 spiro atoms. The second kappa shape index (κ2) is 16.7. The topological polar surface area (TPSA) is 98.0 Å². The highest BCUT2D eigenvalue weighted by atomic mass is 16.4. The maximum atomic E-state index is 10.6. The standard InChI is InChI=1S/C25H48O5/c1-18(2)10-6-11-19(3)12-7-13-20(4)14-8-15-21(5)16-9-17-22(26)23(27)24(28)25(29)30/h16,18-20,22-24,26-28H,6-15,17H2,1-5H3,(H,29,30)/t19?,20?,22?,23-,24-/m0/s1. The molecule has 0 aliphatic rings. The molecule has 0 heterocycles. The van der Waals surface area contributed by atoms with Crippen molar-refractivity contribution in [2.45, 2.75) is 124 Å². The predicted octanol–water partition coefficient (Wildman–Crippen LogP) is 5.32. The van der Waals surface area contributed by atoms with Crippen LogP contribution >= 0.6 is 0 Å². The lowest BCUT2D eigenvalue weighted by Gasteiger charge is -2.19. The van der Waals surface area contributed by atoms with Crippen LogP contribution in [0.4, 0.5) is 0 Å². The Morgan fingerprint density at radius 1 is 0.800 bits per heavy atom. The Kier molecular flexibility index (Phi) is 16.2. The molecule has 0 aromatic heterocycles. The highest BCUT2D eigenvalue weighted by Gasteiger charge is 2.29. The SMILES string of the molecule is CC(=CCCC(O)[C@H](O)[C@H](O)C(=O)O)CCCC(C)CCCC(C)CCCC(C)C. The summed E-state index contributed by atoms with van der Waals surface area (Å²) in [6, 6.07) is 0. The Morgan fingerprint density at radius 3 is 1.80 bits per heavy atom. The van der Waals surface area contributed by atoms with Crippen molar-refractivity contribution in [3.8, 4) is 0 Å². The van der Waals surface area contributed by atoms with E-state index >= 15 is 0 Å². The van der Waals surface area contributed by atoms with E-state index in [1.807, 2.05) is 6.08 Å². The average molecular weight is 429 g/mol. The van der Waals surface area contributed by atoms with Crippen molar-refractivity contribution in [1.29, 1.82) is 0 Å². The summed E-state index contributed by atoms with van der Waals surface area (Å²) in [6.45, 7) is 11.4. The van der Waals surface area contributed by atoms with Crippen molar-refractivity contribution < 1.29 is 25.2 Å². The van der Waals surface area contributed by atoms with Crippen LogP contribution in [0.1, 0.15) is 105 Å². The van der Waals surface area contributed by atoms with E-state index in [0.717, 1.165) is 30.6 Å². The summed E-state index contributed by atoms with van der Waals surface area (Å²) in [7, 11) is 0. The van der Waals surface area contributed by atoms with Gasteiger partial charge in [-0.05, 0) is 50.4 Å². The summed E-state index contributed by atoms with van der Waals surface area (Å²) in [4.78, 5) is 10.6. The highest BCUT2D eigenvalue weighted by Crippen LogP contribution is 2.22. The number of carboxylic acid groups (broad SMARTS) is 1. The van der Waals surface area contributed by atoms with Crippen molar-refractivity contribution in [3.05, 3.63) is 11.6 Å². The van der Waals surface area contributed by atoms with Gasteiger partial charge in [-0.2, -0.15) is 0 Å². The summed E-state index contributed by atoms with van der Waals surface area (Å²) >= 11 is 0. The van der Waals surface area contributed by atoms with Crippen LogP contribution in [0, 0.1) is 17.8 Å². The van der Waals surface area contributed by atoms with E-state index in [2.05, 4.69) is 34.6 Å². The van der Waals surface area contributed by atoms with Crippen molar-refractivity contribution in [2.24, 2.45) is 17.8 Å². The lowest BCUT2D eigenvalue weighted by Crippen LogP contribution is -2.42. The van der Waals surface area contributed by atoms with Gasteiger partial charge < -0.3 is 20.4 Å². The van der Waals surface area contributed by atoms with Crippen molar-refractivity contribution in [2.75, 3.05) is 0 Å². The van der Waals surface area contributed by atoms with Crippen LogP contribution in [0.25, 0.3) is 0 Å². The third-order valence-corrected chi connectivity index (χ3v) is 6.07. The van der Waals surface area contributed by atoms with E-state index in [1.165, 1.54) is 50.5 Å². The minimum Gasteiger partial charge on any atom is -0.479 e. The predicted molar refractivity (Wildman–Crippen MR) is 123 cm³/mol. The van der Waals surface area contributed by atoms with Crippen LogP contribution in [-0.2, 0) is 4.79 Å². The fourth-order valence-corrected chi connectivity index (χ4v) is 3.84. The Bertz CT molecular complexity index is 474. The van der Waals surface area contributed by atoms with Gasteiger partial charge in [0.25, 0.3) is 0 Å². The van der Waals surface area contributed by atoms with E-state index in [-0.39, 0.29) is 6.42 Å². The molecule has 0 rings (SSSR count). The molecule has 178 valence electrons. The molecule has 0 bridgehead atoms. The molecule has 0 radical (unpaired) electrons. The molecule has 0 amide bonds. The highest BCUT2D eigenvalue weighted by molar-refractivity contribution is 5.72. The first-order valence-corrected chi connectivity index (χ1v) is 12.0. The van der Waals surface area contributed by atoms with E-state index in [9.17, 15) is 20.1 Å². The van der Waals surface area contributed by atoms with Gasteiger partial charge in [-0.15, -0.1) is 0 Å². The minimum absolute atomic E-state index is 0.231. The van der Waals surface area contributed by atoms with E-state index in [0.29, 0.717) is 6.42 Å². The molecule has 0 aliphatic heterocycles. The molecule has 0 saturated heterocycles. The van der Waals surface area contributed by atoms with Gasteiger partial charge in [0.1, 0.15) is 6.10 Å². The van der Waals surface area contributed by atoms with Gasteiger partial charge in [0, 0.05) is 0 Å². The zero-order valence-electron chi connectivity index (χ0n) is 20.0. The van der Waals surface area contributed by atoms with Crippen molar-refractivity contribution >= 4 is 5.97 Å². The molecule has 3 unspecified atom stereocenters. The Hall–Kier alpha value is -0.910. The molecule has 30 heavy (non-hydrogen) atoms. The van der Waals surface area contributed by atoms with Crippen LogP contribution < -0.4 is 0 Å². The second-order valence-corrected chi connectivity index (χ2v) is 9.83. The van der Waals surface area contributed by atoms with Gasteiger partial charge in [0.15, 0.2) is 6.10 Å². The number of rotatable bonds is 18. The Labute approximate surface area is 184 Å².